The number of hydrogen-bond acceptors (Lipinski definition) is 5. The van der Waals surface area contributed by atoms with Crippen LogP contribution in [-0.4, -0.2) is 27.0 Å². The number of carbonyl (C=O) groups excluding carboxylic acids is 2. The smallest absolute Gasteiger partial charge is 0.226 e. The van der Waals surface area contributed by atoms with Crippen LogP contribution in [0.1, 0.15) is 55.1 Å². The third kappa shape index (κ3) is 6.06. The summed E-state index contributed by atoms with van der Waals surface area (Å²) < 4.78 is 5.82. The van der Waals surface area contributed by atoms with Crippen molar-refractivity contribution < 1.29 is 14.0 Å². The normalized spacial score (nSPS) is 11.1. The molecule has 2 aromatic heterocycles. The topological polar surface area (TPSA) is 113 Å². The number of carbonyl (C=O) groups is 2. The average Bonchev–Trinajstić information content (AvgIpc) is 3.26. The Labute approximate surface area is 188 Å². The van der Waals surface area contributed by atoms with Gasteiger partial charge in [0.15, 0.2) is 0 Å². The molecule has 170 valence electrons. The molecule has 0 atom stereocenters. The van der Waals surface area contributed by atoms with E-state index in [1.165, 1.54) is 0 Å². The summed E-state index contributed by atoms with van der Waals surface area (Å²) in [7, 11) is 0. The molecule has 0 aliphatic carbocycles. The van der Waals surface area contributed by atoms with E-state index in [1.807, 2.05) is 58.9 Å². The first-order chi connectivity index (χ1) is 15.2. The van der Waals surface area contributed by atoms with Gasteiger partial charge in [-0.3, -0.25) is 14.7 Å². The van der Waals surface area contributed by atoms with Gasteiger partial charge in [0.25, 0.3) is 0 Å². The van der Waals surface area contributed by atoms with Gasteiger partial charge in [-0.15, -0.1) is 0 Å². The number of rotatable bonds is 9. The molecule has 8 nitrogen and oxygen atoms in total. The molecule has 8 heteroatoms. The van der Waals surface area contributed by atoms with E-state index in [0.717, 1.165) is 22.5 Å². The first-order valence-electron chi connectivity index (χ1n) is 10.9. The molecule has 0 fully saturated rings. The van der Waals surface area contributed by atoms with Crippen molar-refractivity contribution in [2.24, 2.45) is 5.92 Å². The molecular weight excluding hydrogens is 406 g/mol. The Balaban J connectivity index is 1.59. The van der Waals surface area contributed by atoms with Gasteiger partial charge in [-0.2, -0.15) is 5.10 Å². The minimum Gasteiger partial charge on any atom is -0.441 e. The Morgan fingerprint density at radius 2 is 1.94 bits per heavy atom. The predicted octanol–water partition coefficient (Wildman–Crippen LogP) is 4.22. The van der Waals surface area contributed by atoms with Crippen molar-refractivity contribution >= 4 is 17.5 Å². The van der Waals surface area contributed by atoms with Crippen LogP contribution in [0.4, 0.5) is 5.69 Å². The fourth-order valence-corrected chi connectivity index (χ4v) is 3.48. The quantitative estimate of drug-likeness (QED) is 0.464. The maximum absolute atomic E-state index is 12.3. The molecule has 0 aliphatic heterocycles. The monoisotopic (exact) mass is 437 g/mol. The molecular formula is C24H31N5O3. The lowest BCUT2D eigenvalue weighted by atomic mass is 10.1. The maximum atomic E-state index is 12.3. The van der Waals surface area contributed by atoms with Crippen LogP contribution in [0, 0.1) is 26.7 Å². The number of benzene rings is 1. The third-order valence-electron chi connectivity index (χ3n) is 5.22. The number of aryl methyl sites for hydroxylation is 3. The summed E-state index contributed by atoms with van der Waals surface area (Å²) >= 11 is 0. The van der Waals surface area contributed by atoms with E-state index in [1.54, 1.807) is 0 Å². The summed E-state index contributed by atoms with van der Waals surface area (Å²) in [5, 5.41) is 12.9. The molecule has 32 heavy (non-hydrogen) atoms. The number of nitrogens with zero attached hydrogens (tertiary/aromatic N) is 2. The van der Waals surface area contributed by atoms with Gasteiger partial charge in [0, 0.05) is 29.8 Å². The van der Waals surface area contributed by atoms with Crippen molar-refractivity contribution in [3.63, 3.8) is 0 Å². The van der Waals surface area contributed by atoms with Crippen molar-refractivity contribution in [2.75, 3.05) is 5.32 Å². The molecule has 0 saturated heterocycles. The fourth-order valence-electron chi connectivity index (χ4n) is 3.48. The Morgan fingerprint density at radius 1 is 1.16 bits per heavy atom. The van der Waals surface area contributed by atoms with E-state index in [4.69, 9.17) is 4.42 Å². The zero-order valence-electron chi connectivity index (χ0n) is 19.3. The third-order valence-corrected chi connectivity index (χ3v) is 5.22. The molecule has 3 rings (SSSR count). The zero-order chi connectivity index (χ0) is 23.3. The number of oxazole rings is 1. The molecule has 3 aromatic rings. The highest BCUT2D eigenvalue weighted by molar-refractivity contribution is 5.91. The van der Waals surface area contributed by atoms with Gasteiger partial charge in [0.05, 0.1) is 12.2 Å². The number of nitrogens with one attached hydrogen (secondary N) is 3. The summed E-state index contributed by atoms with van der Waals surface area (Å²) in [5.74, 6) is 1.32. The van der Waals surface area contributed by atoms with Gasteiger partial charge in [0.2, 0.25) is 17.7 Å². The fraction of sp³-hybridized carbons (Fsp3) is 0.417. The Kier molecular flexibility index (Phi) is 7.45. The van der Waals surface area contributed by atoms with Crippen molar-refractivity contribution in [1.82, 2.24) is 20.5 Å². The minimum absolute atomic E-state index is 0.0232. The molecule has 3 N–H and O–H groups in total. The van der Waals surface area contributed by atoms with E-state index in [9.17, 15) is 9.59 Å². The van der Waals surface area contributed by atoms with E-state index >= 15 is 0 Å². The van der Waals surface area contributed by atoms with Crippen molar-refractivity contribution in [2.45, 2.75) is 60.4 Å². The van der Waals surface area contributed by atoms with Crippen LogP contribution >= 0.6 is 0 Å². The zero-order valence-corrected chi connectivity index (χ0v) is 19.3. The molecule has 0 aliphatic rings. The van der Waals surface area contributed by atoms with Crippen molar-refractivity contribution in [1.29, 1.82) is 0 Å². The second-order valence-electron chi connectivity index (χ2n) is 8.44. The summed E-state index contributed by atoms with van der Waals surface area (Å²) in [6.07, 6.45) is 1.48. The first-order valence-corrected chi connectivity index (χ1v) is 10.9. The van der Waals surface area contributed by atoms with E-state index in [2.05, 4.69) is 25.8 Å². The molecule has 0 saturated carbocycles. The summed E-state index contributed by atoms with van der Waals surface area (Å²) in [5.41, 5.74) is 5.14. The first kappa shape index (κ1) is 23.2. The molecule has 0 bridgehead atoms. The maximum Gasteiger partial charge on any atom is 0.226 e. The number of aromatic nitrogens is 3. The largest absolute Gasteiger partial charge is 0.441 e. The molecule has 2 heterocycles. The van der Waals surface area contributed by atoms with E-state index in [0.29, 0.717) is 48.8 Å². The minimum atomic E-state index is -0.0520. The average molecular weight is 438 g/mol. The highest BCUT2D eigenvalue weighted by atomic mass is 16.4. The van der Waals surface area contributed by atoms with Crippen LogP contribution in [0.3, 0.4) is 0 Å². The number of hydrogen-bond donors (Lipinski definition) is 3. The van der Waals surface area contributed by atoms with Crippen LogP contribution in [-0.2, 0) is 22.6 Å². The summed E-state index contributed by atoms with van der Waals surface area (Å²) in [4.78, 5) is 28.9. The van der Waals surface area contributed by atoms with E-state index < -0.39 is 0 Å². The van der Waals surface area contributed by atoms with Crippen LogP contribution in [0.5, 0.6) is 0 Å². The predicted molar refractivity (Wildman–Crippen MR) is 123 cm³/mol. The number of amides is 2. The van der Waals surface area contributed by atoms with Crippen LogP contribution in [0.15, 0.2) is 28.7 Å². The van der Waals surface area contributed by atoms with E-state index in [-0.39, 0.29) is 17.7 Å². The summed E-state index contributed by atoms with van der Waals surface area (Å²) in [6, 6.07) is 7.39. The van der Waals surface area contributed by atoms with Crippen molar-refractivity contribution in [3.8, 4) is 11.5 Å². The number of anilines is 1. The SMILES string of the molecule is Cc1n[nH]c(C)c1CCC(=O)NCc1nc(-c2cccc(NC(=O)CC(C)C)c2)oc1C. The highest BCUT2D eigenvalue weighted by Crippen LogP contribution is 2.24. The van der Waals surface area contributed by atoms with Gasteiger partial charge in [-0.1, -0.05) is 19.9 Å². The molecule has 0 radical (unpaired) electrons. The lowest BCUT2D eigenvalue weighted by Gasteiger charge is -2.07. The highest BCUT2D eigenvalue weighted by Gasteiger charge is 2.14. The molecule has 0 spiro atoms. The van der Waals surface area contributed by atoms with Crippen molar-refractivity contribution in [3.05, 3.63) is 52.7 Å². The van der Waals surface area contributed by atoms with Gasteiger partial charge >= 0.3 is 0 Å². The second-order valence-corrected chi connectivity index (χ2v) is 8.44. The standard InChI is InChI=1S/C24H31N5O3/c1-14(2)11-23(31)26-19-8-6-7-18(12-19)24-27-21(17(5)32-24)13-25-22(30)10-9-20-15(3)28-29-16(20)4/h6-8,12,14H,9-11,13H2,1-5H3,(H,25,30)(H,26,31)(H,28,29). The summed E-state index contributed by atoms with van der Waals surface area (Å²) in [6.45, 7) is 10.0. The van der Waals surface area contributed by atoms with Crippen LogP contribution in [0.25, 0.3) is 11.5 Å². The number of H-pyrrole nitrogens is 1. The van der Waals surface area contributed by atoms with Gasteiger partial charge in [-0.25, -0.2) is 4.98 Å². The lowest BCUT2D eigenvalue weighted by Crippen LogP contribution is -2.23. The molecule has 0 unspecified atom stereocenters. The van der Waals surface area contributed by atoms with Gasteiger partial charge in [0.1, 0.15) is 11.5 Å². The Bertz CT molecular complexity index is 1080. The van der Waals surface area contributed by atoms with Crippen LogP contribution in [0.2, 0.25) is 0 Å². The Hall–Kier alpha value is -3.42. The lowest BCUT2D eigenvalue weighted by molar-refractivity contribution is -0.121. The number of aromatic amines is 1. The van der Waals surface area contributed by atoms with Gasteiger partial charge in [-0.05, 0) is 56.9 Å². The molecule has 1 aromatic carbocycles. The van der Waals surface area contributed by atoms with Crippen LogP contribution < -0.4 is 10.6 Å². The molecule has 2 amide bonds. The van der Waals surface area contributed by atoms with Gasteiger partial charge < -0.3 is 15.1 Å². The second kappa shape index (κ2) is 10.3. The Morgan fingerprint density at radius 3 is 2.62 bits per heavy atom.